The van der Waals surface area contributed by atoms with Gasteiger partial charge >= 0.3 is 5.97 Å². The third-order valence-electron chi connectivity index (χ3n) is 3.25. The van der Waals surface area contributed by atoms with Gasteiger partial charge in [-0.2, -0.15) is 0 Å². The van der Waals surface area contributed by atoms with Crippen LogP contribution < -0.4 is 5.32 Å². The van der Waals surface area contributed by atoms with Crippen LogP contribution in [0.2, 0.25) is 5.02 Å². The first-order chi connectivity index (χ1) is 11.4. The van der Waals surface area contributed by atoms with Crippen molar-refractivity contribution in [3.05, 3.63) is 58.5 Å². The van der Waals surface area contributed by atoms with E-state index < -0.39 is 5.97 Å². The first-order valence-corrected chi connectivity index (χ1v) is 7.35. The second kappa shape index (κ2) is 7.74. The number of likely N-dealkylation sites (N-methyl/N-ethyl adjacent to an activating group) is 1. The Morgan fingerprint density at radius 3 is 2.58 bits per heavy atom. The first kappa shape index (κ1) is 17.7. The smallest absolute Gasteiger partial charge is 0.337 e. The van der Waals surface area contributed by atoms with Crippen molar-refractivity contribution < 1.29 is 19.1 Å². The molecule has 0 unspecified atom stereocenters. The Labute approximate surface area is 142 Å². The van der Waals surface area contributed by atoms with Crippen molar-refractivity contribution in [3.63, 3.8) is 0 Å². The molecular weight excluding hydrogens is 337 g/mol. The summed E-state index contributed by atoms with van der Waals surface area (Å²) in [5.41, 5.74) is 0.763. The molecule has 0 aliphatic rings. The monoisotopic (exact) mass is 351 g/mol. The van der Waals surface area contributed by atoms with E-state index in [0.717, 1.165) is 11.8 Å². The molecule has 1 aromatic carbocycles. The maximum atomic E-state index is 12.9. The second-order valence-electron chi connectivity index (χ2n) is 5.09. The van der Waals surface area contributed by atoms with Crippen LogP contribution >= 0.6 is 11.6 Å². The number of carboxylic acid groups (broad SMARTS) is 1. The summed E-state index contributed by atoms with van der Waals surface area (Å²) in [7, 11) is 1.62. The van der Waals surface area contributed by atoms with Crippen LogP contribution in [0.4, 0.5) is 10.2 Å². The van der Waals surface area contributed by atoms with E-state index in [4.69, 9.17) is 16.7 Å². The van der Waals surface area contributed by atoms with Gasteiger partial charge in [0.1, 0.15) is 11.6 Å². The molecule has 1 amide bonds. The quantitative estimate of drug-likeness (QED) is 0.836. The average molecular weight is 352 g/mol. The Morgan fingerprint density at radius 2 is 2.00 bits per heavy atom. The molecule has 8 heteroatoms. The van der Waals surface area contributed by atoms with Crippen molar-refractivity contribution in [2.24, 2.45) is 0 Å². The van der Waals surface area contributed by atoms with Crippen LogP contribution in [0.1, 0.15) is 15.9 Å². The van der Waals surface area contributed by atoms with Gasteiger partial charge in [-0.05, 0) is 23.8 Å². The van der Waals surface area contributed by atoms with Gasteiger partial charge in [0.25, 0.3) is 0 Å². The highest BCUT2D eigenvalue weighted by Crippen LogP contribution is 2.20. The molecule has 2 N–H and O–H groups in total. The fraction of sp³-hybridized carbons (Fsp3) is 0.188. The zero-order valence-corrected chi connectivity index (χ0v) is 13.5. The van der Waals surface area contributed by atoms with E-state index in [1.54, 1.807) is 19.2 Å². The fourth-order valence-corrected chi connectivity index (χ4v) is 2.16. The minimum atomic E-state index is -1.13. The molecule has 0 radical (unpaired) electrons. The van der Waals surface area contributed by atoms with Crippen molar-refractivity contribution in [2.75, 3.05) is 18.9 Å². The zero-order valence-electron chi connectivity index (χ0n) is 12.8. The molecule has 6 nitrogen and oxygen atoms in total. The predicted molar refractivity (Wildman–Crippen MR) is 87.6 cm³/mol. The third-order valence-corrected chi connectivity index (χ3v) is 3.54. The Balaban J connectivity index is 1.92. The Kier molecular flexibility index (Phi) is 5.70. The summed E-state index contributed by atoms with van der Waals surface area (Å²) in [6.45, 7) is 0.275. The largest absolute Gasteiger partial charge is 0.478 e. The maximum Gasteiger partial charge on any atom is 0.337 e. The number of pyridine rings is 1. The van der Waals surface area contributed by atoms with Crippen molar-refractivity contribution >= 4 is 29.3 Å². The molecule has 0 spiro atoms. The first-order valence-electron chi connectivity index (χ1n) is 6.98. The number of amides is 1. The summed E-state index contributed by atoms with van der Waals surface area (Å²) in [6.07, 6.45) is 1.16. The topological polar surface area (TPSA) is 82.5 Å². The van der Waals surface area contributed by atoms with Crippen molar-refractivity contribution in [2.45, 2.75) is 6.54 Å². The van der Waals surface area contributed by atoms with Crippen LogP contribution in [0.5, 0.6) is 0 Å². The molecule has 2 aromatic rings. The van der Waals surface area contributed by atoms with E-state index in [1.165, 1.54) is 23.1 Å². The third kappa shape index (κ3) is 4.66. The molecule has 0 atom stereocenters. The molecule has 0 fully saturated rings. The molecule has 0 aliphatic heterocycles. The number of carbonyl (C=O) groups is 2. The van der Waals surface area contributed by atoms with Crippen molar-refractivity contribution in [3.8, 4) is 0 Å². The van der Waals surface area contributed by atoms with Gasteiger partial charge in [-0.1, -0.05) is 23.7 Å². The van der Waals surface area contributed by atoms with Gasteiger partial charge < -0.3 is 15.3 Å². The highest BCUT2D eigenvalue weighted by Gasteiger charge is 2.12. The molecular formula is C16H15ClFN3O3. The average Bonchev–Trinajstić information content (AvgIpc) is 2.55. The van der Waals surface area contributed by atoms with Crippen molar-refractivity contribution in [1.29, 1.82) is 0 Å². The van der Waals surface area contributed by atoms with Gasteiger partial charge in [-0.15, -0.1) is 0 Å². The van der Waals surface area contributed by atoms with Gasteiger partial charge in [0, 0.05) is 19.8 Å². The number of aromatic nitrogens is 1. The van der Waals surface area contributed by atoms with E-state index in [9.17, 15) is 14.0 Å². The molecule has 24 heavy (non-hydrogen) atoms. The number of hydrogen-bond donors (Lipinski definition) is 2. The minimum Gasteiger partial charge on any atom is -0.478 e. The number of carboxylic acids is 1. The van der Waals surface area contributed by atoms with Gasteiger partial charge in [0.2, 0.25) is 5.91 Å². The molecule has 126 valence electrons. The van der Waals surface area contributed by atoms with Gasteiger partial charge in [-0.3, -0.25) is 4.79 Å². The number of anilines is 1. The van der Waals surface area contributed by atoms with Gasteiger partial charge in [0.05, 0.1) is 17.1 Å². The second-order valence-corrected chi connectivity index (χ2v) is 5.50. The van der Waals surface area contributed by atoms with E-state index in [2.05, 4.69) is 10.3 Å². The number of aromatic carboxylic acids is 1. The van der Waals surface area contributed by atoms with Crippen LogP contribution in [0.15, 0.2) is 36.5 Å². The molecule has 1 aromatic heterocycles. The number of hydrogen-bond acceptors (Lipinski definition) is 4. The fourth-order valence-electron chi connectivity index (χ4n) is 1.93. The van der Waals surface area contributed by atoms with Crippen LogP contribution in [-0.4, -0.2) is 40.5 Å². The van der Waals surface area contributed by atoms with Crippen molar-refractivity contribution in [1.82, 2.24) is 9.88 Å². The lowest BCUT2D eigenvalue weighted by atomic mass is 10.2. The molecule has 0 aliphatic carbocycles. The lowest BCUT2D eigenvalue weighted by Gasteiger charge is -2.18. The van der Waals surface area contributed by atoms with E-state index in [0.29, 0.717) is 6.54 Å². The van der Waals surface area contributed by atoms with Crippen LogP contribution in [0.3, 0.4) is 0 Å². The molecule has 0 saturated heterocycles. The zero-order chi connectivity index (χ0) is 17.7. The maximum absolute atomic E-state index is 12.9. The summed E-state index contributed by atoms with van der Waals surface area (Å²) in [5.74, 6) is -1.46. The lowest BCUT2D eigenvalue weighted by Crippen LogP contribution is -2.32. The van der Waals surface area contributed by atoms with Crippen LogP contribution in [0, 0.1) is 5.82 Å². The lowest BCUT2D eigenvalue weighted by molar-refractivity contribution is -0.128. The number of nitrogens with one attached hydrogen (secondary N) is 1. The number of nitrogens with zero attached hydrogens (tertiary/aromatic N) is 2. The highest BCUT2D eigenvalue weighted by atomic mass is 35.5. The van der Waals surface area contributed by atoms with Crippen LogP contribution in [-0.2, 0) is 11.3 Å². The number of halogens is 2. The highest BCUT2D eigenvalue weighted by molar-refractivity contribution is 6.33. The standard InChI is InChI=1S/C16H15ClFN3O3/c1-21(9-10-2-4-12(18)5-3-10)14(22)8-20-15-13(17)6-11(7-19-15)16(23)24/h2-7H,8-9H2,1H3,(H,19,20)(H,23,24). The Morgan fingerprint density at radius 1 is 1.33 bits per heavy atom. The Bertz CT molecular complexity index is 753. The summed E-state index contributed by atoms with van der Waals surface area (Å²) in [4.78, 5) is 28.3. The summed E-state index contributed by atoms with van der Waals surface area (Å²) >= 11 is 5.93. The van der Waals surface area contributed by atoms with Gasteiger partial charge in [-0.25, -0.2) is 14.2 Å². The predicted octanol–water partition coefficient (Wildman–Crippen LogP) is 2.64. The van der Waals surface area contributed by atoms with Crippen LogP contribution in [0.25, 0.3) is 0 Å². The summed E-state index contributed by atoms with van der Waals surface area (Å²) in [6, 6.07) is 7.14. The molecule has 0 saturated carbocycles. The summed E-state index contributed by atoms with van der Waals surface area (Å²) < 4.78 is 12.9. The van der Waals surface area contributed by atoms with E-state index in [1.807, 2.05) is 0 Å². The normalized spacial score (nSPS) is 10.3. The number of carbonyl (C=O) groups excluding carboxylic acids is 1. The SMILES string of the molecule is CN(Cc1ccc(F)cc1)C(=O)CNc1ncc(C(=O)O)cc1Cl. The summed E-state index contributed by atoms with van der Waals surface area (Å²) in [5, 5.41) is 11.7. The minimum absolute atomic E-state index is 0.0368. The number of benzene rings is 1. The van der Waals surface area contributed by atoms with Gasteiger partial charge in [0.15, 0.2) is 0 Å². The Hall–Kier alpha value is -2.67. The molecule has 0 bridgehead atoms. The van der Waals surface area contributed by atoms with E-state index >= 15 is 0 Å². The number of rotatable bonds is 6. The van der Waals surface area contributed by atoms with E-state index in [-0.39, 0.29) is 34.7 Å². The molecule has 1 heterocycles. The molecule has 2 rings (SSSR count).